The molecule has 0 unspecified atom stereocenters. The Morgan fingerprint density at radius 1 is 0.538 bits per heavy atom. The molecule has 3 heteroatoms. The topological polar surface area (TPSA) is 31.2 Å². The average molecular weight is 502 g/mol. The maximum absolute atomic E-state index is 6.49. The van der Waals surface area contributed by atoms with Crippen LogP contribution in [0.25, 0.3) is 77.0 Å². The van der Waals surface area contributed by atoms with Gasteiger partial charge < -0.3 is 13.4 Å². The second kappa shape index (κ2) is 7.75. The molecule has 8 aromatic rings. The van der Waals surface area contributed by atoms with Gasteiger partial charge in [-0.1, -0.05) is 78.9 Å². The number of furan rings is 2. The zero-order valence-corrected chi connectivity index (χ0v) is 21.1. The molecule has 5 aromatic carbocycles. The van der Waals surface area contributed by atoms with Crippen molar-refractivity contribution in [2.24, 2.45) is 0 Å². The number of hydrogen-bond acceptors (Lipinski definition) is 2. The molecule has 0 saturated carbocycles. The summed E-state index contributed by atoms with van der Waals surface area (Å²) in [7, 11) is 0. The van der Waals surface area contributed by atoms with E-state index in [0.717, 1.165) is 62.3 Å². The molecule has 0 aliphatic heterocycles. The predicted molar refractivity (Wildman–Crippen MR) is 162 cm³/mol. The molecule has 3 heterocycles. The fourth-order valence-corrected chi connectivity index (χ4v) is 6.57. The van der Waals surface area contributed by atoms with E-state index in [0.29, 0.717) is 0 Å². The number of nitrogens with zero attached hydrogens (tertiary/aromatic N) is 1. The lowest BCUT2D eigenvalue weighted by atomic mass is 9.96. The van der Waals surface area contributed by atoms with Crippen molar-refractivity contribution in [3.8, 4) is 0 Å². The van der Waals surface area contributed by atoms with E-state index in [9.17, 15) is 0 Å². The summed E-state index contributed by atoms with van der Waals surface area (Å²) < 4.78 is 15.3. The van der Waals surface area contributed by atoms with Crippen LogP contribution < -0.4 is 0 Å². The molecule has 39 heavy (non-hydrogen) atoms. The van der Waals surface area contributed by atoms with E-state index >= 15 is 0 Å². The molecule has 1 aliphatic rings. The van der Waals surface area contributed by atoms with Crippen molar-refractivity contribution >= 4 is 77.0 Å². The summed E-state index contributed by atoms with van der Waals surface area (Å²) in [6.07, 6.45) is 6.63. The minimum atomic E-state index is 0.929. The van der Waals surface area contributed by atoms with Crippen LogP contribution in [0.1, 0.15) is 18.4 Å². The van der Waals surface area contributed by atoms with Gasteiger partial charge in [0.2, 0.25) is 0 Å². The molecule has 3 aromatic heterocycles. The van der Waals surface area contributed by atoms with Crippen molar-refractivity contribution < 1.29 is 8.83 Å². The molecule has 3 nitrogen and oxygen atoms in total. The first kappa shape index (κ1) is 21.0. The highest BCUT2D eigenvalue weighted by atomic mass is 16.3. The zero-order valence-electron chi connectivity index (χ0n) is 21.1. The lowest BCUT2D eigenvalue weighted by Crippen LogP contribution is -2.01. The lowest BCUT2D eigenvalue weighted by molar-refractivity contribution is 0.667. The van der Waals surface area contributed by atoms with Crippen LogP contribution >= 0.6 is 0 Å². The van der Waals surface area contributed by atoms with Gasteiger partial charge in [-0.15, -0.1) is 0 Å². The van der Waals surface area contributed by atoms with E-state index in [-0.39, 0.29) is 0 Å². The molecular weight excluding hydrogens is 478 g/mol. The summed E-state index contributed by atoms with van der Waals surface area (Å²) in [5, 5.41) is 7.04. The van der Waals surface area contributed by atoms with Gasteiger partial charge in [-0.25, -0.2) is 0 Å². The molecule has 184 valence electrons. The minimum Gasteiger partial charge on any atom is -0.455 e. The van der Waals surface area contributed by atoms with Crippen LogP contribution in [0.2, 0.25) is 0 Å². The van der Waals surface area contributed by atoms with E-state index in [1.165, 1.54) is 33.1 Å². The van der Waals surface area contributed by atoms with Crippen LogP contribution in [0.4, 0.5) is 0 Å². The molecular formula is C36H23NO2. The first-order chi connectivity index (χ1) is 19.3. The maximum Gasteiger partial charge on any atom is 0.145 e. The second-order valence-corrected chi connectivity index (χ2v) is 10.4. The fraction of sp³-hybridized carbons (Fsp3) is 0.0556. The Balaban J connectivity index is 1.30. The maximum atomic E-state index is 6.49. The number of benzene rings is 5. The van der Waals surface area contributed by atoms with Gasteiger partial charge in [-0.05, 0) is 54.8 Å². The largest absolute Gasteiger partial charge is 0.455 e. The van der Waals surface area contributed by atoms with Crippen LogP contribution in [-0.4, -0.2) is 4.57 Å². The molecule has 1 aliphatic carbocycles. The third-order valence-corrected chi connectivity index (χ3v) is 8.27. The highest BCUT2D eigenvalue weighted by Crippen LogP contribution is 2.43. The third-order valence-electron chi connectivity index (χ3n) is 8.27. The second-order valence-electron chi connectivity index (χ2n) is 10.4. The monoisotopic (exact) mass is 501 g/mol. The van der Waals surface area contributed by atoms with Crippen LogP contribution in [0, 0.1) is 0 Å². The molecule has 0 radical (unpaired) electrons. The van der Waals surface area contributed by atoms with Crippen LogP contribution in [0.5, 0.6) is 0 Å². The van der Waals surface area contributed by atoms with E-state index in [1.54, 1.807) is 0 Å². The van der Waals surface area contributed by atoms with E-state index in [1.807, 2.05) is 18.2 Å². The molecule has 0 saturated heterocycles. The number of aromatic nitrogens is 1. The standard InChI is InChI=1S/C36H23NO2/c1-4-16-30-29(13-1)34-31(20-19-28-26-12-3-6-18-33(26)39-36(28)34)37(30)23-10-7-9-22(21-23)24-14-8-15-27-25-11-2-5-17-32(25)38-35(24)27/h1-6,8-9,11-21H,7,10H2. The third kappa shape index (κ3) is 2.87. The number of para-hydroxylation sites is 4. The summed E-state index contributed by atoms with van der Waals surface area (Å²) >= 11 is 0. The molecule has 0 spiro atoms. The number of rotatable bonds is 2. The summed E-state index contributed by atoms with van der Waals surface area (Å²) in [5.41, 5.74) is 9.78. The molecule has 0 atom stereocenters. The van der Waals surface area contributed by atoms with Gasteiger partial charge in [0.25, 0.3) is 0 Å². The van der Waals surface area contributed by atoms with Crippen molar-refractivity contribution in [1.82, 2.24) is 4.57 Å². The van der Waals surface area contributed by atoms with E-state index < -0.39 is 0 Å². The summed E-state index contributed by atoms with van der Waals surface area (Å²) in [6.45, 7) is 0. The SMILES string of the molecule is C1=C(c2cccc3c2oc2ccccc23)C=C(n2c3ccccc3c3c4oc5ccccc5c4ccc32)CC1. The summed E-state index contributed by atoms with van der Waals surface area (Å²) in [5.74, 6) is 0. The smallest absolute Gasteiger partial charge is 0.145 e. The highest BCUT2D eigenvalue weighted by molar-refractivity contribution is 6.24. The lowest BCUT2D eigenvalue weighted by Gasteiger charge is -2.18. The Morgan fingerprint density at radius 2 is 1.21 bits per heavy atom. The van der Waals surface area contributed by atoms with Gasteiger partial charge in [0.1, 0.15) is 22.3 Å². The fourth-order valence-electron chi connectivity index (χ4n) is 6.57. The predicted octanol–water partition coefficient (Wildman–Crippen LogP) is 10.3. The zero-order chi connectivity index (χ0) is 25.5. The van der Waals surface area contributed by atoms with Gasteiger partial charge in [-0.3, -0.25) is 0 Å². The van der Waals surface area contributed by atoms with E-state index in [4.69, 9.17) is 8.83 Å². The Labute approximate surface area is 223 Å². The highest BCUT2D eigenvalue weighted by Gasteiger charge is 2.21. The number of allylic oxidation sites excluding steroid dienone is 4. The Morgan fingerprint density at radius 3 is 2.03 bits per heavy atom. The van der Waals surface area contributed by atoms with Crippen molar-refractivity contribution in [2.45, 2.75) is 12.8 Å². The Kier molecular flexibility index (Phi) is 4.17. The molecule has 0 amide bonds. The number of fused-ring (bicyclic) bond motifs is 10. The minimum absolute atomic E-state index is 0.929. The van der Waals surface area contributed by atoms with Gasteiger partial charge in [0, 0.05) is 38.2 Å². The molecule has 9 rings (SSSR count). The van der Waals surface area contributed by atoms with Gasteiger partial charge in [-0.2, -0.15) is 0 Å². The molecule has 0 bridgehead atoms. The summed E-state index contributed by atoms with van der Waals surface area (Å²) in [6, 6.07) is 36.3. The summed E-state index contributed by atoms with van der Waals surface area (Å²) in [4.78, 5) is 0. The quantitative estimate of drug-likeness (QED) is 0.236. The molecule has 0 fully saturated rings. The number of hydrogen-bond donors (Lipinski definition) is 0. The normalized spacial score (nSPS) is 14.3. The molecule has 0 N–H and O–H groups in total. The van der Waals surface area contributed by atoms with Crippen LogP contribution in [0.3, 0.4) is 0 Å². The van der Waals surface area contributed by atoms with Gasteiger partial charge in [0.15, 0.2) is 0 Å². The van der Waals surface area contributed by atoms with Gasteiger partial charge >= 0.3 is 0 Å². The first-order valence-electron chi connectivity index (χ1n) is 13.5. The average Bonchev–Trinajstić information content (AvgIpc) is 3.66. The van der Waals surface area contributed by atoms with Crippen LogP contribution in [-0.2, 0) is 0 Å². The van der Waals surface area contributed by atoms with Crippen molar-refractivity contribution in [2.75, 3.05) is 0 Å². The van der Waals surface area contributed by atoms with Crippen molar-refractivity contribution in [3.05, 3.63) is 121 Å². The van der Waals surface area contributed by atoms with Gasteiger partial charge in [0.05, 0.1) is 16.4 Å². The van der Waals surface area contributed by atoms with Crippen molar-refractivity contribution in [1.29, 1.82) is 0 Å². The Bertz CT molecular complexity index is 2340. The van der Waals surface area contributed by atoms with Crippen LogP contribution in [0.15, 0.2) is 124 Å². The van der Waals surface area contributed by atoms with Crippen molar-refractivity contribution in [3.63, 3.8) is 0 Å². The Hall–Kier alpha value is -5.02. The van der Waals surface area contributed by atoms with E-state index in [2.05, 4.69) is 102 Å². The first-order valence-corrected chi connectivity index (χ1v) is 13.5.